The quantitative estimate of drug-likeness (QED) is 0.329. The molecule has 5 heterocycles. The van der Waals surface area contributed by atoms with E-state index in [4.69, 9.17) is 14.1 Å². The number of pyridine rings is 2. The predicted octanol–water partition coefficient (Wildman–Crippen LogP) is 4.16. The summed E-state index contributed by atoms with van der Waals surface area (Å²) in [6, 6.07) is 8.15. The maximum Gasteiger partial charge on any atom is 0.229 e. The molecule has 0 unspecified atom stereocenters. The van der Waals surface area contributed by atoms with Crippen molar-refractivity contribution in [2.45, 2.75) is 50.2 Å². The van der Waals surface area contributed by atoms with Crippen LogP contribution in [0.3, 0.4) is 0 Å². The van der Waals surface area contributed by atoms with E-state index < -0.39 is 6.10 Å². The third kappa shape index (κ3) is 4.40. The van der Waals surface area contributed by atoms with Gasteiger partial charge in [0.25, 0.3) is 0 Å². The van der Waals surface area contributed by atoms with E-state index in [0.717, 1.165) is 66.2 Å². The zero-order chi connectivity index (χ0) is 27.4. The number of ether oxygens (including phenoxy) is 1. The van der Waals surface area contributed by atoms with Crippen LogP contribution in [0.1, 0.15) is 44.1 Å². The molecule has 40 heavy (non-hydrogen) atoms. The van der Waals surface area contributed by atoms with Crippen molar-refractivity contribution in [3.05, 3.63) is 42.2 Å². The topological polar surface area (TPSA) is 126 Å². The molecule has 1 saturated carbocycles. The van der Waals surface area contributed by atoms with Crippen LogP contribution in [-0.4, -0.2) is 75.9 Å². The summed E-state index contributed by atoms with van der Waals surface area (Å²) in [7, 11) is 1.82. The van der Waals surface area contributed by atoms with Crippen molar-refractivity contribution in [1.82, 2.24) is 19.9 Å². The van der Waals surface area contributed by atoms with Crippen LogP contribution in [0, 0.1) is 5.92 Å². The zero-order valence-corrected chi connectivity index (χ0v) is 22.8. The number of aliphatic hydroxyl groups excluding tert-OH is 1. The maximum atomic E-state index is 12.4. The molecule has 2 saturated heterocycles. The number of carbonyl (C=O) groups is 1. The number of aromatic nitrogens is 3. The van der Waals surface area contributed by atoms with E-state index in [2.05, 4.69) is 44.6 Å². The number of amides is 1. The molecule has 3 aromatic heterocycles. The minimum atomic E-state index is -0.442. The molecule has 10 nitrogen and oxygen atoms in total. The number of oxazole rings is 1. The third-order valence-corrected chi connectivity index (χ3v) is 8.93. The van der Waals surface area contributed by atoms with Gasteiger partial charge in [-0.25, -0.2) is 15.0 Å². The number of hydrogen-bond donors (Lipinski definition) is 3. The Bertz CT molecular complexity index is 1590. The number of anilines is 2. The van der Waals surface area contributed by atoms with Gasteiger partial charge in [-0.15, -0.1) is 0 Å². The Hall–Kier alpha value is -3.60. The molecule has 3 fully saturated rings. The number of nitrogens with one attached hydrogen (secondary N) is 2. The molecule has 1 aromatic carbocycles. The second kappa shape index (κ2) is 9.79. The fourth-order valence-electron chi connectivity index (χ4n) is 6.14. The fourth-order valence-corrected chi connectivity index (χ4v) is 6.14. The molecular weight excluding hydrogens is 508 g/mol. The molecular formula is C30H34N6O4. The molecule has 208 valence electrons. The van der Waals surface area contributed by atoms with Crippen molar-refractivity contribution < 1.29 is 19.1 Å². The van der Waals surface area contributed by atoms with E-state index in [0.29, 0.717) is 36.7 Å². The van der Waals surface area contributed by atoms with Crippen LogP contribution in [-0.2, 0) is 9.53 Å². The van der Waals surface area contributed by atoms with Gasteiger partial charge in [0.2, 0.25) is 11.8 Å². The first kappa shape index (κ1) is 25.4. The van der Waals surface area contributed by atoms with E-state index in [9.17, 15) is 9.90 Å². The summed E-state index contributed by atoms with van der Waals surface area (Å²) in [5.41, 5.74) is 3.23. The number of rotatable bonds is 6. The molecule has 7 rings (SSSR count). The fraction of sp³-hybridized carbons (Fsp3) is 0.467. The van der Waals surface area contributed by atoms with Crippen LogP contribution < -0.4 is 10.6 Å². The van der Waals surface area contributed by atoms with Crippen LogP contribution in [0.2, 0.25) is 0 Å². The van der Waals surface area contributed by atoms with E-state index in [-0.39, 0.29) is 17.4 Å². The van der Waals surface area contributed by atoms with Gasteiger partial charge in [-0.1, -0.05) is 6.07 Å². The molecule has 2 aliphatic heterocycles. The van der Waals surface area contributed by atoms with Gasteiger partial charge in [-0.05, 0) is 75.4 Å². The summed E-state index contributed by atoms with van der Waals surface area (Å²) in [6.07, 6.45) is 6.93. The largest absolute Gasteiger partial charge is 0.436 e. The first-order chi connectivity index (χ1) is 19.4. The average molecular weight is 543 g/mol. The predicted molar refractivity (Wildman–Crippen MR) is 152 cm³/mol. The minimum absolute atomic E-state index is 0.0124. The molecule has 3 N–H and O–H groups in total. The lowest BCUT2D eigenvalue weighted by Crippen LogP contribution is -2.56. The van der Waals surface area contributed by atoms with Crippen molar-refractivity contribution in [3.63, 3.8) is 0 Å². The van der Waals surface area contributed by atoms with Crippen molar-refractivity contribution in [2.75, 3.05) is 44.0 Å². The van der Waals surface area contributed by atoms with E-state index >= 15 is 0 Å². The van der Waals surface area contributed by atoms with E-state index in [1.807, 2.05) is 19.2 Å². The number of piperidine rings is 1. The number of nitrogens with zero attached hydrogens (tertiary/aromatic N) is 4. The Morgan fingerprint density at radius 1 is 1.10 bits per heavy atom. The van der Waals surface area contributed by atoms with Crippen molar-refractivity contribution >= 4 is 39.4 Å². The Morgan fingerprint density at radius 3 is 2.65 bits per heavy atom. The highest BCUT2D eigenvalue weighted by atomic mass is 16.5. The van der Waals surface area contributed by atoms with Gasteiger partial charge in [-0.2, -0.15) is 0 Å². The highest BCUT2D eigenvalue weighted by molar-refractivity contribution is 6.03. The molecule has 2 atom stereocenters. The number of benzene rings is 1. The Balaban J connectivity index is 1.16. The van der Waals surface area contributed by atoms with Gasteiger partial charge in [0.15, 0.2) is 5.58 Å². The molecule has 0 radical (unpaired) electrons. The maximum absolute atomic E-state index is 12.4. The van der Waals surface area contributed by atoms with Crippen LogP contribution in [0.25, 0.3) is 33.3 Å². The first-order valence-electron chi connectivity index (χ1n) is 14.1. The summed E-state index contributed by atoms with van der Waals surface area (Å²) >= 11 is 0. The van der Waals surface area contributed by atoms with Crippen molar-refractivity contribution in [1.29, 1.82) is 0 Å². The Morgan fingerprint density at radius 2 is 1.93 bits per heavy atom. The van der Waals surface area contributed by atoms with Crippen LogP contribution >= 0.6 is 0 Å². The normalized spacial score (nSPS) is 24.1. The van der Waals surface area contributed by atoms with Gasteiger partial charge in [-0.3, -0.25) is 9.69 Å². The Kier molecular flexibility index (Phi) is 6.21. The van der Waals surface area contributed by atoms with E-state index in [1.165, 1.54) is 5.56 Å². The number of hydrogen-bond acceptors (Lipinski definition) is 9. The van der Waals surface area contributed by atoms with E-state index in [1.54, 1.807) is 12.4 Å². The standard InChI is InChI=1S/C30H34N6O4/c1-30(16-39-15-25(30)37)36-9-7-17(8-10-36)19-5-6-24-23(11-19)34-29(40-24)22-14-33-27(31-2)21-13-32-26(12-20(21)22)35-28(38)18-3-4-18/h5-6,11-14,17-18,25,37H,3-4,7-10,15-16H2,1-2H3,(H,31,33)(H,32,35,38)/t25-,30+/m1/s1. The molecule has 1 amide bonds. The molecule has 3 aliphatic rings. The lowest BCUT2D eigenvalue weighted by Gasteiger charge is -2.43. The van der Waals surface area contributed by atoms with Crippen LogP contribution in [0.4, 0.5) is 11.6 Å². The van der Waals surface area contributed by atoms with Gasteiger partial charge in [0.1, 0.15) is 17.2 Å². The zero-order valence-electron chi connectivity index (χ0n) is 22.8. The SMILES string of the molecule is CNc1ncc(-c2nc3cc(C4CCN([C@@]5(C)COC[C@H]5O)CC4)ccc3o2)c2cc(NC(=O)C3CC3)ncc12. The number of carbonyl (C=O) groups excluding carboxylic acids is 1. The molecule has 0 bridgehead atoms. The summed E-state index contributed by atoms with van der Waals surface area (Å²) in [5.74, 6) is 2.21. The highest BCUT2D eigenvalue weighted by Gasteiger charge is 2.44. The summed E-state index contributed by atoms with van der Waals surface area (Å²) in [5, 5.41) is 18.2. The second-order valence-corrected chi connectivity index (χ2v) is 11.5. The van der Waals surface area contributed by atoms with Gasteiger partial charge in [0.05, 0.1) is 30.4 Å². The lowest BCUT2D eigenvalue weighted by molar-refractivity contribution is -0.117. The summed E-state index contributed by atoms with van der Waals surface area (Å²) < 4.78 is 11.8. The highest BCUT2D eigenvalue weighted by Crippen LogP contribution is 2.38. The van der Waals surface area contributed by atoms with Crippen LogP contribution in [0.15, 0.2) is 41.1 Å². The van der Waals surface area contributed by atoms with Gasteiger partial charge < -0.3 is 24.9 Å². The molecule has 10 heteroatoms. The minimum Gasteiger partial charge on any atom is -0.436 e. The summed E-state index contributed by atoms with van der Waals surface area (Å²) in [4.78, 5) is 28.7. The molecule has 4 aromatic rings. The lowest BCUT2D eigenvalue weighted by atomic mass is 9.86. The van der Waals surface area contributed by atoms with Crippen molar-refractivity contribution in [2.24, 2.45) is 5.92 Å². The monoisotopic (exact) mass is 542 g/mol. The number of aliphatic hydroxyl groups is 1. The van der Waals surface area contributed by atoms with Gasteiger partial charge >= 0.3 is 0 Å². The number of likely N-dealkylation sites (tertiary alicyclic amines) is 1. The third-order valence-electron chi connectivity index (χ3n) is 8.93. The Labute approximate surface area is 232 Å². The van der Waals surface area contributed by atoms with Crippen LogP contribution in [0.5, 0.6) is 0 Å². The average Bonchev–Trinajstić information content (AvgIpc) is 3.66. The molecule has 0 spiro atoms. The van der Waals surface area contributed by atoms with Crippen molar-refractivity contribution in [3.8, 4) is 11.5 Å². The van der Waals surface area contributed by atoms with Gasteiger partial charge in [0, 0.05) is 36.1 Å². The number of fused-ring (bicyclic) bond motifs is 2. The molecule has 1 aliphatic carbocycles. The first-order valence-corrected chi connectivity index (χ1v) is 14.1. The summed E-state index contributed by atoms with van der Waals surface area (Å²) in [6.45, 7) is 4.95. The smallest absolute Gasteiger partial charge is 0.229 e. The second-order valence-electron chi connectivity index (χ2n) is 11.5.